The zero-order valence-electron chi connectivity index (χ0n) is 12.5. The molecule has 0 bridgehead atoms. The van der Waals surface area contributed by atoms with Gasteiger partial charge in [-0.25, -0.2) is 0 Å². The number of hydrogen-bond donors (Lipinski definition) is 0. The number of likely N-dealkylation sites (tertiary alicyclic amines) is 1. The SMILES string of the molecule is Cc1ccc(C2CCCN2Cc2cc(-c3cccs3)on2)s1. The first-order chi connectivity index (χ1) is 10.8. The number of hydrogen-bond acceptors (Lipinski definition) is 5. The van der Waals surface area contributed by atoms with Crippen molar-refractivity contribution in [3.63, 3.8) is 0 Å². The van der Waals surface area contributed by atoms with Gasteiger partial charge in [0.05, 0.1) is 10.6 Å². The van der Waals surface area contributed by atoms with Crippen LogP contribution in [0.2, 0.25) is 0 Å². The average Bonchev–Trinajstić information content (AvgIpc) is 3.26. The molecule has 5 heteroatoms. The third kappa shape index (κ3) is 2.76. The Morgan fingerprint density at radius 2 is 2.32 bits per heavy atom. The second kappa shape index (κ2) is 5.99. The summed E-state index contributed by atoms with van der Waals surface area (Å²) in [4.78, 5) is 6.55. The minimum Gasteiger partial charge on any atom is -0.355 e. The molecule has 1 unspecified atom stereocenters. The van der Waals surface area contributed by atoms with Crippen LogP contribution in [0, 0.1) is 6.92 Å². The Bertz CT molecular complexity index is 744. The quantitative estimate of drug-likeness (QED) is 0.665. The monoisotopic (exact) mass is 330 g/mol. The first kappa shape index (κ1) is 14.2. The van der Waals surface area contributed by atoms with Gasteiger partial charge in [-0.3, -0.25) is 4.90 Å². The Morgan fingerprint density at radius 1 is 1.36 bits per heavy atom. The minimum absolute atomic E-state index is 0.542. The van der Waals surface area contributed by atoms with Gasteiger partial charge in [0.1, 0.15) is 0 Å². The molecule has 3 aromatic rings. The summed E-state index contributed by atoms with van der Waals surface area (Å²) >= 11 is 3.61. The van der Waals surface area contributed by atoms with Crippen molar-refractivity contribution < 1.29 is 4.52 Å². The van der Waals surface area contributed by atoms with Gasteiger partial charge >= 0.3 is 0 Å². The molecule has 1 atom stereocenters. The molecule has 1 fully saturated rings. The van der Waals surface area contributed by atoms with Crippen molar-refractivity contribution in [3.8, 4) is 10.6 Å². The van der Waals surface area contributed by atoms with Gasteiger partial charge in [-0.15, -0.1) is 22.7 Å². The van der Waals surface area contributed by atoms with E-state index in [4.69, 9.17) is 4.52 Å². The van der Waals surface area contributed by atoms with E-state index in [2.05, 4.69) is 46.6 Å². The maximum Gasteiger partial charge on any atom is 0.177 e. The smallest absolute Gasteiger partial charge is 0.177 e. The van der Waals surface area contributed by atoms with Crippen LogP contribution >= 0.6 is 22.7 Å². The van der Waals surface area contributed by atoms with Gasteiger partial charge in [-0.05, 0) is 49.9 Å². The van der Waals surface area contributed by atoms with Crippen LogP contribution in [0.3, 0.4) is 0 Å². The van der Waals surface area contributed by atoms with Crippen molar-refractivity contribution in [1.29, 1.82) is 0 Å². The summed E-state index contributed by atoms with van der Waals surface area (Å²) in [5.41, 5.74) is 1.03. The van der Waals surface area contributed by atoms with E-state index in [0.29, 0.717) is 6.04 Å². The van der Waals surface area contributed by atoms with Crippen molar-refractivity contribution in [2.24, 2.45) is 0 Å². The largest absolute Gasteiger partial charge is 0.355 e. The Labute approximate surface area is 138 Å². The Balaban J connectivity index is 1.50. The van der Waals surface area contributed by atoms with Gasteiger partial charge in [-0.1, -0.05) is 11.2 Å². The van der Waals surface area contributed by atoms with Crippen LogP contribution < -0.4 is 0 Å². The van der Waals surface area contributed by atoms with E-state index in [1.54, 1.807) is 11.3 Å². The number of rotatable bonds is 4. The second-order valence-corrected chi connectivity index (χ2v) is 8.00. The summed E-state index contributed by atoms with van der Waals surface area (Å²) < 4.78 is 5.50. The van der Waals surface area contributed by atoms with Gasteiger partial charge in [0, 0.05) is 28.4 Å². The molecule has 114 valence electrons. The number of thiophene rings is 2. The van der Waals surface area contributed by atoms with Crippen molar-refractivity contribution in [3.05, 3.63) is 51.2 Å². The molecule has 0 spiro atoms. The van der Waals surface area contributed by atoms with E-state index in [9.17, 15) is 0 Å². The van der Waals surface area contributed by atoms with Crippen molar-refractivity contribution >= 4 is 22.7 Å². The molecule has 4 heterocycles. The third-order valence-electron chi connectivity index (χ3n) is 4.14. The molecule has 3 aromatic heterocycles. The lowest BCUT2D eigenvalue weighted by Gasteiger charge is -2.22. The van der Waals surface area contributed by atoms with Crippen LogP contribution in [0.5, 0.6) is 0 Å². The van der Waals surface area contributed by atoms with Gasteiger partial charge in [-0.2, -0.15) is 0 Å². The molecule has 0 radical (unpaired) electrons. The van der Waals surface area contributed by atoms with Crippen LogP contribution in [-0.4, -0.2) is 16.6 Å². The van der Waals surface area contributed by atoms with E-state index < -0.39 is 0 Å². The highest BCUT2D eigenvalue weighted by molar-refractivity contribution is 7.13. The lowest BCUT2D eigenvalue weighted by molar-refractivity contribution is 0.243. The van der Waals surface area contributed by atoms with Crippen LogP contribution in [-0.2, 0) is 6.54 Å². The zero-order valence-corrected chi connectivity index (χ0v) is 14.1. The van der Waals surface area contributed by atoms with Crippen molar-refractivity contribution in [1.82, 2.24) is 10.1 Å². The molecule has 0 aromatic carbocycles. The fourth-order valence-electron chi connectivity index (χ4n) is 3.10. The molecule has 1 aliphatic heterocycles. The van der Waals surface area contributed by atoms with Gasteiger partial charge < -0.3 is 4.52 Å². The van der Waals surface area contributed by atoms with E-state index in [1.165, 1.54) is 22.6 Å². The highest BCUT2D eigenvalue weighted by Gasteiger charge is 2.27. The van der Waals surface area contributed by atoms with Crippen molar-refractivity contribution in [2.45, 2.75) is 32.4 Å². The summed E-state index contributed by atoms with van der Waals surface area (Å²) in [7, 11) is 0. The highest BCUT2D eigenvalue weighted by atomic mass is 32.1. The topological polar surface area (TPSA) is 29.3 Å². The number of nitrogens with zero attached hydrogens (tertiary/aromatic N) is 2. The van der Waals surface area contributed by atoms with Crippen LogP contribution in [0.4, 0.5) is 0 Å². The third-order valence-corrected chi connectivity index (χ3v) is 6.13. The molecular weight excluding hydrogens is 312 g/mol. The van der Waals surface area contributed by atoms with Gasteiger partial charge in [0.25, 0.3) is 0 Å². The number of aromatic nitrogens is 1. The van der Waals surface area contributed by atoms with Crippen LogP contribution in [0.1, 0.15) is 34.3 Å². The summed E-state index contributed by atoms with van der Waals surface area (Å²) in [5.74, 6) is 0.882. The summed E-state index contributed by atoms with van der Waals surface area (Å²) in [6.07, 6.45) is 2.51. The summed E-state index contributed by atoms with van der Waals surface area (Å²) in [6.45, 7) is 4.19. The number of aryl methyl sites for hydroxylation is 1. The predicted octanol–water partition coefficient (Wildman–Crippen LogP) is 5.11. The Hall–Kier alpha value is -1.43. The maximum atomic E-state index is 5.50. The van der Waals surface area contributed by atoms with E-state index in [0.717, 1.165) is 29.4 Å². The summed E-state index contributed by atoms with van der Waals surface area (Å²) in [6, 6.07) is 11.2. The fourth-order valence-corrected chi connectivity index (χ4v) is 4.82. The van der Waals surface area contributed by atoms with E-state index in [-0.39, 0.29) is 0 Å². The highest BCUT2D eigenvalue weighted by Crippen LogP contribution is 2.37. The average molecular weight is 330 g/mol. The molecule has 3 nitrogen and oxygen atoms in total. The first-order valence-corrected chi connectivity index (χ1v) is 9.29. The normalized spacial score (nSPS) is 19.0. The molecular formula is C17H18N2OS2. The Morgan fingerprint density at radius 3 is 3.09 bits per heavy atom. The first-order valence-electron chi connectivity index (χ1n) is 7.59. The molecule has 22 heavy (non-hydrogen) atoms. The second-order valence-electron chi connectivity index (χ2n) is 5.74. The molecule has 0 aliphatic carbocycles. The van der Waals surface area contributed by atoms with Gasteiger partial charge in [0.2, 0.25) is 0 Å². The lowest BCUT2D eigenvalue weighted by Crippen LogP contribution is -2.22. The van der Waals surface area contributed by atoms with Crippen molar-refractivity contribution in [2.75, 3.05) is 6.54 Å². The summed E-state index contributed by atoms with van der Waals surface area (Å²) in [5, 5.41) is 6.33. The Kier molecular flexibility index (Phi) is 3.86. The molecule has 0 N–H and O–H groups in total. The van der Waals surface area contributed by atoms with E-state index in [1.807, 2.05) is 17.4 Å². The molecule has 0 saturated carbocycles. The zero-order chi connectivity index (χ0) is 14.9. The van der Waals surface area contributed by atoms with Gasteiger partial charge in [0.15, 0.2) is 5.76 Å². The molecule has 4 rings (SSSR count). The maximum absolute atomic E-state index is 5.50. The standard InChI is InChI=1S/C17H18N2OS2/c1-12-6-7-16(22-12)14-4-2-8-19(14)11-13-10-15(20-18-13)17-5-3-9-21-17/h3,5-7,9-10,14H,2,4,8,11H2,1H3. The lowest BCUT2D eigenvalue weighted by atomic mass is 10.2. The fraction of sp³-hybridized carbons (Fsp3) is 0.353. The molecule has 0 amide bonds. The molecule has 1 aliphatic rings. The molecule has 1 saturated heterocycles. The van der Waals surface area contributed by atoms with Crippen LogP contribution in [0.25, 0.3) is 10.6 Å². The predicted molar refractivity (Wildman–Crippen MR) is 91.3 cm³/mol. The minimum atomic E-state index is 0.542. The van der Waals surface area contributed by atoms with Crippen LogP contribution in [0.15, 0.2) is 40.2 Å². The van der Waals surface area contributed by atoms with E-state index >= 15 is 0 Å².